The lowest BCUT2D eigenvalue weighted by Crippen LogP contribution is -1.94. The predicted octanol–water partition coefficient (Wildman–Crippen LogP) is 2.37. The molecular weight excluding hydrogens is 237 g/mol. The van der Waals surface area contributed by atoms with Crippen LogP contribution in [0.4, 0.5) is 0 Å². The van der Waals surface area contributed by atoms with Crippen molar-refractivity contribution in [3.05, 3.63) is 15.5 Å². The number of halogens is 2. The molecule has 1 heterocycles. The second-order valence-electron chi connectivity index (χ2n) is 1.53. The van der Waals surface area contributed by atoms with E-state index in [2.05, 4.69) is 20.9 Å². The number of ketones is 1. The van der Waals surface area contributed by atoms with Crippen LogP contribution in [0.3, 0.4) is 0 Å². The molecule has 0 aliphatic rings. The van der Waals surface area contributed by atoms with E-state index in [4.69, 9.17) is 11.6 Å². The molecule has 2 nitrogen and oxygen atoms in total. The second-order valence-corrected chi connectivity index (χ2v) is 3.71. The van der Waals surface area contributed by atoms with Crippen molar-refractivity contribution < 1.29 is 4.79 Å². The molecule has 5 heteroatoms. The Hall–Kier alpha value is 0.0700. The van der Waals surface area contributed by atoms with Gasteiger partial charge in [0.2, 0.25) is 0 Å². The van der Waals surface area contributed by atoms with Crippen LogP contribution in [0.25, 0.3) is 0 Å². The van der Waals surface area contributed by atoms with Gasteiger partial charge in [-0.2, -0.15) is 0 Å². The first-order valence-electron chi connectivity index (χ1n) is 2.44. The Morgan fingerprint density at radius 2 is 2.60 bits per heavy atom. The minimum atomic E-state index is 0.0180. The number of alkyl halides is 1. The Morgan fingerprint density at radius 3 is 3.00 bits per heavy atom. The lowest BCUT2D eigenvalue weighted by atomic mass is 10.4. The van der Waals surface area contributed by atoms with Crippen LogP contribution in [0.15, 0.2) is 6.20 Å². The lowest BCUT2D eigenvalue weighted by molar-refractivity contribution is 0.102. The summed E-state index contributed by atoms with van der Waals surface area (Å²) in [6.45, 7) is 0. The molecule has 0 N–H and O–H groups in total. The van der Waals surface area contributed by atoms with Gasteiger partial charge in [-0.3, -0.25) is 4.79 Å². The number of carbonyl (C=O) groups excluding carboxylic acids is 1. The van der Waals surface area contributed by atoms with Crippen LogP contribution in [0.1, 0.15) is 9.67 Å². The van der Waals surface area contributed by atoms with Gasteiger partial charge in [0.1, 0.15) is 0 Å². The van der Waals surface area contributed by atoms with Crippen molar-refractivity contribution in [2.45, 2.75) is 0 Å². The van der Waals surface area contributed by atoms with E-state index in [0.29, 0.717) is 14.7 Å². The molecule has 0 fully saturated rings. The van der Waals surface area contributed by atoms with Gasteiger partial charge >= 0.3 is 0 Å². The van der Waals surface area contributed by atoms with E-state index < -0.39 is 0 Å². The zero-order valence-electron chi connectivity index (χ0n) is 4.80. The predicted molar refractivity (Wildman–Crippen MR) is 45.2 cm³/mol. The molecule has 1 aromatic heterocycles. The molecular formula is C5H3BrClNOS. The second kappa shape index (κ2) is 3.46. The number of thiazole rings is 1. The van der Waals surface area contributed by atoms with Crippen LogP contribution in [0.2, 0.25) is 4.47 Å². The minimum Gasteiger partial charge on any atom is -0.292 e. The highest BCUT2D eigenvalue weighted by molar-refractivity contribution is 9.09. The van der Waals surface area contributed by atoms with E-state index in [1.54, 1.807) is 0 Å². The number of Topliss-reactive ketones (excluding diaryl/α,β-unsaturated/α-hetero) is 1. The van der Waals surface area contributed by atoms with Crippen LogP contribution in [0.5, 0.6) is 0 Å². The molecule has 54 valence electrons. The van der Waals surface area contributed by atoms with Crippen molar-refractivity contribution >= 4 is 44.7 Å². The van der Waals surface area contributed by atoms with Gasteiger partial charge < -0.3 is 0 Å². The Morgan fingerprint density at radius 1 is 1.90 bits per heavy atom. The highest BCUT2D eigenvalue weighted by atomic mass is 79.9. The molecule has 1 aromatic rings. The van der Waals surface area contributed by atoms with E-state index in [1.807, 2.05) is 0 Å². The third kappa shape index (κ3) is 1.78. The molecule has 10 heavy (non-hydrogen) atoms. The number of hydrogen-bond acceptors (Lipinski definition) is 3. The van der Waals surface area contributed by atoms with Crippen molar-refractivity contribution in [2.75, 3.05) is 5.33 Å². The number of aromatic nitrogens is 1. The fraction of sp³-hybridized carbons (Fsp3) is 0.200. The summed E-state index contributed by atoms with van der Waals surface area (Å²) in [7, 11) is 0. The summed E-state index contributed by atoms with van der Waals surface area (Å²) in [6, 6.07) is 0. The molecule has 0 spiro atoms. The van der Waals surface area contributed by atoms with Crippen molar-refractivity contribution in [1.82, 2.24) is 4.98 Å². The Kier molecular flexibility index (Phi) is 2.82. The molecule has 1 rings (SSSR count). The van der Waals surface area contributed by atoms with Gasteiger partial charge in [0.25, 0.3) is 0 Å². The zero-order valence-corrected chi connectivity index (χ0v) is 7.96. The van der Waals surface area contributed by atoms with Crippen LogP contribution in [-0.2, 0) is 0 Å². The smallest absolute Gasteiger partial charge is 0.184 e. The van der Waals surface area contributed by atoms with Crippen molar-refractivity contribution in [2.24, 2.45) is 0 Å². The van der Waals surface area contributed by atoms with Crippen LogP contribution in [0, 0.1) is 0 Å². The van der Waals surface area contributed by atoms with Gasteiger partial charge in [-0.25, -0.2) is 4.98 Å². The third-order valence-electron chi connectivity index (χ3n) is 0.874. The lowest BCUT2D eigenvalue weighted by Gasteiger charge is -1.84. The van der Waals surface area contributed by atoms with Crippen LogP contribution >= 0.6 is 38.9 Å². The molecule has 0 saturated carbocycles. The largest absolute Gasteiger partial charge is 0.292 e. The fourth-order valence-electron chi connectivity index (χ4n) is 0.448. The normalized spacial score (nSPS) is 9.80. The Bertz CT molecular complexity index is 250. The number of nitrogens with zero attached hydrogens (tertiary/aromatic N) is 1. The van der Waals surface area contributed by atoms with Crippen molar-refractivity contribution in [1.29, 1.82) is 0 Å². The Labute approximate surface area is 75.4 Å². The first kappa shape index (κ1) is 8.17. The van der Waals surface area contributed by atoms with E-state index in [1.165, 1.54) is 17.5 Å². The summed E-state index contributed by atoms with van der Waals surface area (Å²) in [6.07, 6.45) is 1.48. The molecule has 0 aromatic carbocycles. The molecule has 0 aliphatic carbocycles. The van der Waals surface area contributed by atoms with Crippen LogP contribution in [-0.4, -0.2) is 16.1 Å². The van der Waals surface area contributed by atoms with Gasteiger partial charge in [0.05, 0.1) is 16.4 Å². The highest BCUT2D eigenvalue weighted by Gasteiger charge is 2.06. The van der Waals surface area contributed by atoms with E-state index in [9.17, 15) is 4.79 Å². The van der Waals surface area contributed by atoms with Crippen LogP contribution < -0.4 is 0 Å². The zero-order chi connectivity index (χ0) is 7.56. The van der Waals surface area contributed by atoms with Gasteiger partial charge in [-0.05, 0) is 0 Å². The standard InChI is InChI=1S/C5H3BrClNOS/c6-1-3(9)4-2-8-5(7)10-4/h2H,1H2. The fourth-order valence-corrected chi connectivity index (χ4v) is 1.81. The van der Waals surface area contributed by atoms with Gasteiger partial charge in [0, 0.05) is 0 Å². The van der Waals surface area contributed by atoms with E-state index in [0.717, 1.165) is 0 Å². The molecule has 0 radical (unpaired) electrons. The Balaban J connectivity index is 2.85. The summed E-state index contributed by atoms with van der Waals surface area (Å²) < 4.78 is 0.407. The monoisotopic (exact) mass is 239 g/mol. The maximum atomic E-state index is 10.9. The van der Waals surface area contributed by atoms with Crippen molar-refractivity contribution in [3.63, 3.8) is 0 Å². The third-order valence-corrected chi connectivity index (χ3v) is 2.54. The highest BCUT2D eigenvalue weighted by Crippen LogP contribution is 2.18. The topological polar surface area (TPSA) is 30.0 Å². The van der Waals surface area contributed by atoms with Gasteiger partial charge in [-0.15, -0.1) is 0 Å². The molecule has 0 saturated heterocycles. The van der Waals surface area contributed by atoms with E-state index in [-0.39, 0.29) is 5.78 Å². The summed E-state index contributed by atoms with van der Waals surface area (Å²) in [5.41, 5.74) is 0. The molecule has 0 atom stereocenters. The number of hydrogen-bond donors (Lipinski definition) is 0. The van der Waals surface area contributed by atoms with Crippen molar-refractivity contribution in [3.8, 4) is 0 Å². The first-order chi connectivity index (χ1) is 4.74. The van der Waals surface area contributed by atoms with Gasteiger partial charge in [0.15, 0.2) is 10.3 Å². The average Bonchev–Trinajstić information content (AvgIpc) is 2.34. The first-order valence-corrected chi connectivity index (χ1v) is 4.76. The number of carbonyl (C=O) groups is 1. The minimum absolute atomic E-state index is 0.0180. The average molecular weight is 241 g/mol. The summed E-state index contributed by atoms with van der Waals surface area (Å²) >= 11 is 9.74. The molecule has 0 unspecified atom stereocenters. The maximum Gasteiger partial charge on any atom is 0.184 e. The van der Waals surface area contributed by atoms with E-state index >= 15 is 0 Å². The summed E-state index contributed by atoms with van der Waals surface area (Å²) in [4.78, 5) is 15.2. The molecule has 0 bridgehead atoms. The number of rotatable bonds is 2. The SMILES string of the molecule is O=C(CBr)c1cnc(Cl)s1. The summed E-state index contributed by atoms with van der Waals surface area (Å²) in [5, 5.41) is 0.325. The summed E-state index contributed by atoms with van der Waals surface area (Å²) in [5.74, 6) is 0.0180. The quantitative estimate of drug-likeness (QED) is 0.587. The molecule has 0 amide bonds. The molecule has 0 aliphatic heterocycles. The maximum absolute atomic E-state index is 10.9. The van der Waals surface area contributed by atoms with Gasteiger partial charge in [-0.1, -0.05) is 38.9 Å².